The molecule has 0 aliphatic rings. The van der Waals surface area contributed by atoms with Gasteiger partial charge in [-0.05, 0) is 43.5 Å². The van der Waals surface area contributed by atoms with E-state index in [9.17, 15) is 9.90 Å². The Bertz CT molecular complexity index is 464. The van der Waals surface area contributed by atoms with Crippen LogP contribution in [0.2, 0.25) is 5.02 Å². The van der Waals surface area contributed by atoms with Crippen molar-refractivity contribution < 1.29 is 14.6 Å². The van der Waals surface area contributed by atoms with Crippen molar-refractivity contribution in [1.29, 1.82) is 0 Å². The number of rotatable bonds is 8. The van der Waals surface area contributed by atoms with Crippen molar-refractivity contribution in [1.82, 2.24) is 5.32 Å². The fourth-order valence-electron chi connectivity index (χ4n) is 1.97. The van der Waals surface area contributed by atoms with E-state index in [-0.39, 0.29) is 24.5 Å². The van der Waals surface area contributed by atoms with E-state index < -0.39 is 0 Å². The van der Waals surface area contributed by atoms with Gasteiger partial charge in [0.05, 0.1) is 6.61 Å². The number of amides is 1. The highest BCUT2D eigenvalue weighted by Gasteiger charge is 2.25. The summed E-state index contributed by atoms with van der Waals surface area (Å²) in [5, 5.41) is 13.0. The largest absolute Gasteiger partial charge is 0.484 e. The summed E-state index contributed by atoms with van der Waals surface area (Å²) < 4.78 is 5.44. The predicted molar refractivity (Wildman–Crippen MR) is 84.8 cm³/mol. The summed E-state index contributed by atoms with van der Waals surface area (Å²) in [5.74, 6) is 0.425. The molecule has 0 atom stereocenters. The van der Waals surface area contributed by atoms with Gasteiger partial charge in [-0.3, -0.25) is 4.79 Å². The van der Waals surface area contributed by atoms with Crippen molar-refractivity contribution >= 4 is 17.5 Å². The van der Waals surface area contributed by atoms with Gasteiger partial charge in [-0.25, -0.2) is 0 Å². The van der Waals surface area contributed by atoms with Crippen LogP contribution >= 0.6 is 11.6 Å². The summed E-state index contributed by atoms with van der Waals surface area (Å²) in [5.41, 5.74) is 0.665. The van der Waals surface area contributed by atoms with E-state index in [0.29, 0.717) is 17.3 Å². The smallest absolute Gasteiger partial charge is 0.257 e. The van der Waals surface area contributed by atoms with E-state index in [1.54, 1.807) is 18.2 Å². The van der Waals surface area contributed by atoms with Crippen LogP contribution in [0.1, 0.15) is 32.3 Å². The second-order valence-corrected chi connectivity index (χ2v) is 5.75. The third kappa shape index (κ3) is 5.21. The first kappa shape index (κ1) is 17.8. The number of aliphatic hydroxyl groups is 1. The van der Waals surface area contributed by atoms with Crippen molar-refractivity contribution in [2.75, 3.05) is 19.8 Å². The van der Waals surface area contributed by atoms with Crippen molar-refractivity contribution in [2.24, 2.45) is 5.41 Å². The van der Waals surface area contributed by atoms with Gasteiger partial charge in [0.15, 0.2) is 6.61 Å². The van der Waals surface area contributed by atoms with E-state index in [0.717, 1.165) is 18.4 Å². The van der Waals surface area contributed by atoms with Gasteiger partial charge >= 0.3 is 0 Å². The molecule has 0 spiro atoms. The fraction of sp³-hybridized carbons (Fsp3) is 0.562. The highest BCUT2D eigenvalue weighted by atomic mass is 35.5. The summed E-state index contributed by atoms with van der Waals surface area (Å²) in [4.78, 5) is 11.8. The molecule has 118 valence electrons. The van der Waals surface area contributed by atoms with E-state index in [1.807, 2.05) is 20.8 Å². The molecule has 0 bridgehead atoms. The van der Waals surface area contributed by atoms with Gasteiger partial charge in [0.2, 0.25) is 0 Å². The highest BCUT2D eigenvalue weighted by molar-refractivity contribution is 6.31. The van der Waals surface area contributed by atoms with Crippen molar-refractivity contribution in [3.05, 3.63) is 28.8 Å². The zero-order chi connectivity index (χ0) is 15.9. The Morgan fingerprint density at radius 2 is 2.05 bits per heavy atom. The first-order valence-corrected chi connectivity index (χ1v) is 7.60. The lowest BCUT2D eigenvalue weighted by molar-refractivity contribution is -0.123. The Morgan fingerprint density at radius 1 is 1.38 bits per heavy atom. The van der Waals surface area contributed by atoms with E-state index in [4.69, 9.17) is 16.3 Å². The molecule has 1 amide bonds. The average Bonchev–Trinajstić information content (AvgIpc) is 2.50. The number of ether oxygens (including phenoxy) is 1. The summed E-state index contributed by atoms with van der Waals surface area (Å²) >= 11 is 5.93. The van der Waals surface area contributed by atoms with Crippen LogP contribution in [0.25, 0.3) is 0 Å². The van der Waals surface area contributed by atoms with Crippen LogP contribution in [-0.4, -0.2) is 30.8 Å². The number of aryl methyl sites for hydroxylation is 1. The molecule has 5 heteroatoms. The lowest BCUT2D eigenvalue weighted by Crippen LogP contribution is -2.41. The topological polar surface area (TPSA) is 58.6 Å². The molecule has 0 fully saturated rings. The zero-order valence-electron chi connectivity index (χ0n) is 12.9. The molecule has 1 rings (SSSR count). The van der Waals surface area contributed by atoms with Crippen LogP contribution in [0.3, 0.4) is 0 Å². The second kappa shape index (κ2) is 8.25. The first-order chi connectivity index (χ1) is 9.96. The molecule has 0 heterocycles. The predicted octanol–water partition coefficient (Wildman–Crippen LogP) is 2.94. The minimum atomic E-state index is -0.244. The number of halogens is 1. The molecular formula is C16H24ClNO3. The fourth-order valence-corrected chi connectivity index (χ4v) is 2.09. The minimum absolute atomic E-state index is 0.0456. The molecule has 2 N–H and O–H groups in total. The number of carbonyl (C=O) groups excluding carboxylic acids is 1. The standard InChI is InChI=1S/C16H24ClNO3/c1-4-16(5-2,11-19)10-18-15(20)9-21-13-6-7-14(17)12(3)8-13/h6-8,19H,4-5,9-11H2,1-3H3,(H,18,20). The second-order valence-electron chi connectivity index (χ2n) is 5.34. The Labute approximate surface area is 131 Å². The van der Waals surface area contributed by atoms with Crippen LogP contribution in [0.4, 0.5) is 0 Å². The van der Waals surface area contributed by atoms with Gasteiger partial charge in [0.25, 0.3) is 5.91 Å². The molecule has 0 aromatic heterocycles. The normalized spacial score (nSPS) is 11.3. The van der Waals surface area contributed by atoms with Crippen molar-refractivity contribution in [2.45, 2.75) is 33.6 Å². The van der Waals surface area contributed by atoms with Crippen LogP contribution in [0.5, 0.6) is 5.75 Å². The van der Waals surface area contributed by atoms with Crippen molar-refractivity contribution in [3.63, 3.8) is 0 Å². The molecule has 4 nitrogen and oxygen atoms in total. The van der Waals surface area contributed by atoms with Crippen LogP contribution in [-0.2, 0) is 4.79 Å². The highest BCUT2D eigenvalue weighted by Crippen LogP contribution is 2.24. The number of nitrogens with one attached hydrogen (secondary N) is 1. The zero-order valence-corrected chi connectivity index (χ0v) is 13.7. The van der Waals surface area contributed by atoms with Crippen LogP contribution < -0.4 is 10.1 Å². The van der Waals surface area contributed by atoms with Gasteiger partial charge in [-0.1, -0.05) is 25.4 Å². The van der Waals surface area contributed by atoms with Gasteiger partial charge in [-0.15, -0.1) is 0 Å². The van der Waals surface area contributed by atoms with Gasteiger partial charge < -0.3 is 15.2 Å². The molecule has 1 aromatic carbocycles. The first-order valence-electron chi connectivity index (χ1n) is 7.23. The molecule has 21 heavy (non-hydrogen) atoms. The number of benzene rings is 1. The van der Waals surface area contributed by atoms with Crippen LogP contribution in [0, 0.1) is 12.3 Å². The average molecular weight is 314 g/mol. The Balaban J connectivity index is 2.45. The third-order valence-corrected chi connectivity index (χ3v) is 4.42. The maximum atomic E-state index is 11.8. The number of hydrogen-bond acceptors (Lipinski definition) is 3. The van der Waals surface area contributed by atoms with E-state index in [1.165, 1.54) is 0 Å². The molecule has 1 aromatic rings. The van der Waals surface area contributed by atoms with Gasteiger partial charge in [0.1, 0.15) is 5.75 Å². The lowest BCUT2D eigenvalue weighted by atomic mass is 9.83. The minimum Gasteiger partial charge on any atom is -0.484 e. The maximum absolute atomic E-state index is 11.8. The Hall–Kier alpha value is -1.26. The Morgan fingerprint density at radius 3 is 2.57 bits per heavy atom. The summed E-state index contributed by atoms with van der Waals surface area (Å²) in [6, 6.07) is 5.28. The molecule has 0 aliphatic heterocycles. The lowest BCUT2D eigenvalue weighted by Gasteiger charge is -2.29. The number of hydrogen-bond donors (Lipinski definition) is 2. The van der Waals surface area contributed by atoms with Gasteiger partial charge in [0, 0.05) is 17.0 Å². The summed E-state index contributed by atoms with van der Waals surface area (Å²) in [6.07, 6.45) is 1.63. The molecule has 0 saturated carbocycles. The van der Waals surface area contributed by atoms with Crippen molar-refractivity contribution in [3.8, 4) is 5.75 Å². The maximum Gasteiger partial charge on any atom is 0.257 e. The van der Waals surface area contributed by atoms with Crippen LogP contribution in [0.15, 0.2) is 18.2 Å². The quantitative estimate of drug-likeness (QED) is 0.776. The van der Waals surface area contributed by atoms with Gasteiger partial charge in [-0.2, -0.15) is 0 Å². The summed E-state index contributed by atoms with van der Waals surface area (Å²) in [7, 11) is 0. The molecular weight excluding hydrogens is 290 g/mol. The number of aliphatic hydroxyl groups excluding tert-OH is 1. The molecule has 0 aliphatic carbocycles. The third-order valence-electron chi connectivity index (χ3n) is 4.00. The Kier molecular flexibility index (Phi) is 6.99. The van der Waals surface area contributed by atoms with E-state index >= 15 is 0 Å². The summed E-state index contributed by atoms with van der Waals surface area (Å²) in [6.45, 7) is 6.39. The SMILES string of the molecule is CCC(CC)(CO)CNC(=O)COc1ccc(Cl)c(C)c1. The molecule has 0 unspecified atom stereocenters. The molecule has 0 radical (unpaired) electrons. The van der Waals surface area contributed by atoms with E-state index in [2.05, 4.69) is 5.32 Å². The molecule has 0 saturated heterocycles. The monoisotopic (exact) mass is 313 g/mol. The number of carbonyl (C=O) groups is 1.